The van der Waals surface area contributed by atoms with Crippen molar-refractivity contribution in [2.24, 2.45) is 0 Å². The van der Waals surface area contributed by atoms with Gasteiger partial charge in [-0.25, -0.2) is 4.39 Å². The highest BCUT2D eigenvalue weighted by atomic mass is 32.2. The maximum Gasteiger partial charge on any atom is 0.230 e. The van der Waals surface area contributed by atoms with Crippen molar-refractivity contribution < 1.29 is 14.3 Å². The molecule has 0 spiro atoms. The van der Waals surface area contributed by atoms with Crippen LogP contribution in [0.15, 0.2) is 59.8 Å². The third-order valence-electron chi connectivity index (χ3n) is 5.16. The topological polar surface area (TPSA) is 80.0 Å². The fraction of sp³-hybridized carbons (Fsp3) is 0.318. The van der Waals surface area contributed by atoms with E-state index in [1.807, 2.05) is 30.3 Å². The van der Waals surface area contributed by atoms with Crippen LogP contribution >= 0.6 is 11.8 Å². The molecule has 30 heavy (non-hydrogen) atoms. The molecule has 1 amide bonds. The molecule has 1 aromatic heterocycles. The van der Waals surface area contributed by atoms with Crippen molar-refractivity contribution in [1.82, 2.24) is 20.1 Å². The van der Waals surface area contributed by atoms with Gasteiger partial charge in [-0.05, 0) is 49.9 Å². The second-order valence-corrected chi connectivity index (χ2v) is 8.26. The zero-order valence-corrected chi connectivity index (χ0v) is 17.2. The normalized spacial score (nSPS) is 18.9. The molecule has 0 saturated heterocycles. The van der Waals surface area contributed by atoms with Crippen LogP contribution in [0.3, 0.4) is 0 Å². The van der Waals surface area contributed by atoms with Crippen molar-refractivity contribution in [1.29, 1.82) is 0 Å². The van der Waals surface area contributed by atoms with Crippen LogP contribution in [0.5, 0.6) is 0 Å². The monoisotopic (exact) mass is 426 g/mol. The summed E-state index contributed by atoms with van der Waals surface area (Å²) in [6, 6.07) is 16.0. The molecule has 8 heteroatoms. The molecular weight excluding hydrogens is 403 g/mol. The Kier molecular flexibility index (Phi) is 6.44. The maximum atomic E-state index is 14.4. The molecule has 2 N–H and O–H groups in total. The summed E-state index contributed by atoms with van der Waals surface area (Å²) in [6.45, 7) is 0. The lowest BCUT2D eigenvalue weighted by Crippen LogP contribution is -2.39. The highest BCUT2D eigenvalue weighted by Gasteiger charge is 2.22. The van der Waals surface area contributed by atoms with Gasteiger partial charge in [0.25, 0.3) is 0 Å². The van der Waals surface area contributed by atoms with Gasteiger partial charge in [0.2, 0.25) is 5.91 Å². The summed E-state index contributed by atoms with van der Waals surface area (Å²) in [6.07, 6.45) is 2.75. The van der Waals surface area contributed by atoms with Crippen LogP contribution in [0.1, 0.15) is 25.7 Å². The van der Waals surface area contributed by atoms with E-state index in [0.29, 0.717) is 29.4 Å². The number of halogens is 1. The second-order valence-electron chi connectivity index (χ2n) is 7.32. The first-order chi connectivity index (χ1) is 14.6. The van der Waals surface area contributed by atoms with Crippen LogP contribution in [0.4, 0.5) is 4.39 Å². The van der Waals surface area contributed by atoms with Crippen LogP contribution in [-0.2, 0) is 4.79 Å². The molecule has 1 saturated carbocycles. The lowest BCUT2D eigenvalue weighted by molar-refractivity contribution is -0.119. The third kappa shape index (κ3) is 4.71. The van der Waals surface area contributed by atoms with E-state index in [9.17, 15) is 14.3 Å². The number of nitrogens with zero attached hydrogens (tertiary/aromatic N) is 3. The molecule has 2 aromatic carbocycles. The lowest BCUT2D eigenvalue weighted by Gasteiger charge is -2.26. The number of benzene rings is 2. The molecule has 6 nitrogen and oxygen atoms in total. The van der Waals surface area contributed by atoms with Gasteiger partial charge in [0.05, 0.1) is 17.4 Å². The first-order valence-electron chi connectivity index (χ1n) is 9.98. The predicted molar refractivity (Wildman–Crippen MR) is 114 cm³/mol. The van der Waals surface area contributed by atoms with Crippen LogP contribution in [0.25, 0.3) is 17.1 Å². The molecule has 0 bridgehead atoms. The first kappa shape index (κ1) is 20.6. The molecule has 1 aliphatic rings. The van der Waals surface area contributed by atoms with E-state index in [-0.39, 0.29) is 29.6 Å². The Morgan fingerprint density at radius 3 is 2.50 bits per heavy atom. The Hall–Kier alpha value is -2.71. The van der Waals surface area contributed by atoms with Crippen LogP contribution in [-0.4, -0.2) is 43.7 Å². The zero-order valence-electron chi connectivity index (χ0n) is 16.4. The average Bonchev–Trinajstić information content (AvgIpc) is 3.18. The molecule has 1 heterocycles. The smallest absolute Gasteiger partial charge is 0.230 e. The van der Waals surface area contributed by atoms with Crippen LogP contribution < -0.4 is 5.32 Å². The summed E-state index contributed by atoms with van der Waals surface area (Å²) >= 11 is 1.27. The fourth-order valence-electron chi connectivity index (χ4n) is 3.61. The van der Waals surface area contributed by atoms with Crippen molar-refractivity contribution >= 4 is 17.7 Å². The summed E-state index contributed by atoms with van der Waals surface area (Å²) in [5, 5.41) is 21.6. The van der Waals surface area contributed by atoms with Crippen molar-refractivity contribution in [2.45, 2.75) is 43.0 Å². The van der Waals surface area contributed by atoms with Gasteiger partial charge < -0.3 is 10.4 Å². The van der Waals surface area contributed by atoms with Crippen molar-refractivity contribution in [3.63, 3.8) is 0 Å². The third-order valence-corrected chi connectivity index (χ3v) is 6.09. The van der Waals surface area contributed by atoms with Crippen molar-refractivity contribution in [2.75, 3.05) is 5.75 Å². The average molecular weight is 427 g/mol. The van der Waals surface area contributed by atoms with E-state index in [1.54, 1.807) is 22.8 Å². The minimum atomic E-state index is -0.379. The summed E-state index contributed by atoms with van der Waals surface area (Å²) in [4.78, 5) is 12.4. The van der Waals surface area contributed by atoms with Gasteiger partial charge in [0.1, 0.15) is 5.82 Å². The Morgan fingerprint density at radius 2 is 1.77 bits per heavy atom. The van der Waals surface area contributed by atoms with Crippen molar-refractivity contribution in [3.8, 4) is 17.1 Å². The van der Waals surface area contributed by atoms with E-state index in [1.165, 1.54) is 17.8 Å². The Balaban J connectivity index is 1.53. The van der Waals surface area contributed by atoms with E-state index in [0.717, 1.165) is 18.5 Å². The van der Waals surface area contributed by atoms with Gasteiger partial charge in [0.15, 0.2) is 11.0 Å². The van der Waals surface area contributed by atoms with Crippen LogP contribution in [0, 0.1) is 5.82 Å². The minimum Gasteiger partial charge on any atom is -0.393 e. The summed E-state index contributed by atoms with van der Waals surface area (Å²) < 4.78 is 16.2. The molecule has 1 aliphatic carbocycles. The largest absolute Gasteiger partial charge is 0.393 e. The lowest BCUT2D eigenvalue weighted by atomic mass is 9.93. The van der Waals surface area contributed by atoms with Gasteiger partial charge in [-0.15, -0.1) is 10.2 Å². The molecule has 3 aromatic rings. The first-order valence-corrected chi connectivity index (χ1v) is 11.0. The molecule has 0 aliphatic heterocycles. The van der Waals surface area contributed by atoms with Crippen molar-refractivity contribution in [3.05, 3.63) is 60.4 Å². The number of aromatic nitrogens is 3. The van der Waals surface area contributed by atoms with E-state index >= 15 is 0 Å². The van der Waals surface area contributed by atoms with Gasteiger partial charge in [-0.2, -0.15) is 0 Å². The van der Waals surface area contributed by atoms with E-state index in [4.69, 9.17) is 0 Å². The Morgan fingerprint density at radius 1 is 1.07 bits per heavy atom. The quantitative estimate of drug-likeness (QED) is 0.589. The number of amides is 1. The summed E-state index contributed by atoms with van der Waals surface area (Å²) in [5.41, 5.74) is 1.15. The number of carbonyl (C=O) groups is 1. The standard InChI is InChI=1S/C22H23FN4O2S/c23-19-9-5-4-8-18(19)21-25-26-22(27(21)16-6-2-1-3-7-16)30-14-20(29)24-15-10-12-17(28)13-11-15/h1-9,15,17,28H,10-14H2,(H,24,29). The molecule has 1 fully saturated rings. The SMILES string of the molecule is O=C(CSc1nnc(-c2ccccc2F)n1-c1ccccc1)NC1CCC(O)CC1. The van der Waals surface area contributed by atoms with E-state index in [2.05, 4.69) is 15.5 Å². The Bertz CT molecular complexity index is 1000. The molecule has 156 valence electrons. The number of nitrogens with one attached hydrogen (secondary N) is 1. The summed E-state index contributed by atoms with van der Waals surface area (Å²) in [7, 11) is 0. The maximum absolute atomic E-state index is 14.4. The fourth-order valence-corrected chi connectivity index (χ4v) is 4.37. The van der Waals surface area contributed by atoms with Gasteiger partial charge >= 0.3 is 0 Å². The molecule has 0 unspecified atom stereocenters. The summed E-state index contributed by atoms with van der Waals surface area (Å²) in [5.74, 6) is 0.108. The number of rotatable bonds is 6. The number of hydrogen-bond donors (Lipinski definition) is 2. The number of aliphatic hydroxyl groups excluding tert-OH is 1. The Labute approximate surface area is 178 Å². The highest BCUT2D eigenvalue weighted by Crippen LogP contribution is 2.29. The van der Waals surface area contributed by atoms with Gasteiger partial charge in [0, 0.05) is 11.7 Å². The van der Waals surface area contributed by atoms with E-state index < -0.39 is 0 Å². The predicted octanol–water partition coefficient (Wildman–Crippen LogP) is 3.59. The number of thioether (sulfide) groups is 1. The van der Waals surface area contributed by atoms with Gasteiger partial charge in [-0.1, -0.05) is 42.1 Å². The number of hydrogen-bond acceptors (Lipinski definition) is 5. The minimum absolute atomic E-state index is 0.0866. The number of carbonyl (C=O) groups excluding carboxylic acids is 1. The number of aliphatic hydroxyl groups is 1. The van der Waals surface area contributed by atoms with Crippen LogP contribution in [0.2, 0.25) is 0 Å². The molecule has 0 radical (unpaired) electrons. The van der Waals surface area contributed by atoms with Gasteiger partial charge in [-0.3, -0.25) is 9.36 Å². The molecule has 4 rings (SSSR count). The zero-order chi connectivity index (χ0) is 20.9. The highest BCUT2D eigenvalue weighted by molar-refractivity contribution is 7.99. The molecular formula is C22H23FN4O2S. The number of para-hydroxylation sites is 1. The molecule has 0 atom stereocenters. The second kappa shape index (κ2) is 9.40.